The van der Waals surface area contributed by atoms with E-state index in [2.05, 4.69) is 0 Å². The number of esters is 1. The van der Waals surface area contributed by atoms with Gasteiger partial charge in [-0.2, -0.15) is 0 Å². The highest BCUT2D eigenvalue weighted by Gasteiger charge is 2.22. The molecule has 1 aromatic rings. The van der Waals surface area contributed by atoms with E-state index in [4.69, 9.17) is 4.74 Å². The third kappa shape index (κ3) is 6.66. The summed E-state index contributed by atoms with van der Waals surface area (Å²) in [4.78, 5) is 11.1. The van der Waals surface area contributed by atoms with Gasteiger partial charge in [0.05, 0.1) is 18.3 Å². The monoisotopic (exact) mass is 332 g/mol. The lowest BCUT2D eigenvalue weighted by atomic mass is 9.99. The van der Waals surface area contributed by atoms with Crippen LogP contribution in [-0.2, 0) is 9.53 Å². The Morgan fingerprint density at radius 2 is 1.88 bits per heavy atom. The van der Waals surface area contributed by atoms with Crippen molar-refractivity contribution in [1.29, 1.82) is 0 Å². The zero-order chi connectivity index (χ0) is 17.4. The number of benzene rings is 1. The van der Waals surface area contributed by atoms with Crippen molar-refractivity contribution >= 4 is 12.0 Å². The van der Waals surface area contributed by atoms with E-state index in [-0.39, 0.29) is 25.4 Å². The minimum atomic E-state index is -0.828. The number of carbonyl (C=O) groups excluding carboxylic acids is 1. The van der Waals surface area contributed by atoms with Crippen LogP contribution < -0.4 is 0 Å². The summed E-state index contributed by atoms with van der Waals surface area (Å²) in [6.45, 7) is 0. The van der Waals surface area contributed by atoms with E-state index in [9.17, 15) is 20.1 Å². The fraction of sp³-hybridized carbons (Fsp3) is 0.421. The van der Waals surface area contributed by atoms with E-state index in [0.29, 0.717) is 6.42 Å². The molecule has 0 aromatic heterocycles. The zero-order valence-corrected chi connectivity index (χ0v) is 13.5. The average molecular weight is 332 g/mol. The van der Waals surface area contributed by atoms with Gasteiger partial charge in [0.25, 0.3) is 0 Å². The molecule has 1 heterocycles. The molecule has 24 heavy (non-hydrogen) atoms. The number of aliphatic hydroxyl groups is 3. The molecule has 3 N–H and O–H groups in total. The van der Waals surface area contributed by atoms with E-state index in [0.717, 1.165) is 5.56 Å². The first-order chi connectivity index (χ1) is 11.5. The van der Waals surface area contributed by atoms with Gasteiger partial charge in [-0.1, -0.05) is 48.6 Å². The lowest BCUT2D eigenvalue weighted by Gasteiger charge is -2.23. The highest BCUT2D eigenvalue weighted by atomic mass is 16.5. The van der Waals surface area contributed by atoms with Crippen LogP contribution in [0.15, 0.2) is 48.6 Å². The molecule has 0 radical (unpaired) electrons. The molecule has 4 atom stereocenters. The number of carbonyl (C=O) groups is 1. The molecule has 0 fully saturated rings. The molecule has 4 unspecified atom stereocenters. The van der Waals surface area contributed by atoms with Crippen LogP contribution in [0.2, 0.25) is 0 Å². The van der Waals surface area contributed by atoms with Crippen molar-refractivity contribution in [1.82, 2.24) is 0 Å². The average Bonchev–Trinajstić information content (AvgIpc) is 2.53. The maximum Gasteiger partial charge on any atom is 0.330 e. The van der Waals surface area contributed by atoms with E-state index in [1.54, 1.807) is 18.2 Å². The zero-order valence-electron chi connectivity index (χ0n) is 13.5. The smallest absolute Gasteiger partial charge is 0.330 e. The first-order valence-electron chi connectivity index (χ1n) is 8.17. The molecule has 0 spiro atoms. The van der Waals surface area contributed by atoms with Crippen molar-refractivity contribution in [3.63, 3.8) is 0 Å². The standard InChI is InChI=1S/C19H24O5/c20-15(10-9-14-5-2-1-3-6-14)11-16(21)12-17(22)13-18-7-4-8-19(23)24-18/h1-6,8-10,15-18,20-22H,7,11-13H2. The van der Waals surface area contributed by atoms with Gasteiger partial charge in [-0.3, -0.25) is 0 Å². The van der Waals surface area contributed by atoms with E-state index >= 15 is 0 Å². The summed E-state index contributed by atoms with van der Waals surface area (Å²) in [6.07, 6.45) is 4.88. The molecule has 1 aliphatic rings. The Kier molecular flexibility index (Phi) is 7.18. The third-order valence-electron chi connectivity index (χ3n) is 3.84. The van der Waals surface area contributed by atoms with Crippen molar-refractivity contribution in [3.05, 3.63) is 54.1 Å². The van der Waals surface area contributed by atoms with Crippen LogP contribution in [0.5, 0.6) is 0 Å². The number of hydrogen-bond acceptors (Lipinski definition) is 5. The van der Waals surface area contributed by atoms with Gasteiger partial charge in [0.2, 0.25) is 0 Å². The first kappa shape index (κ1) is 18.4. The van der Waals surface area contributed by atoms with E-state index < -0.39 is 24.3 Å². The maximum absolute atomic E-state index is 11.1. The summed E-state index contributed by atoms with van der Waals surface area (Å²) in [5.41, 5.74) is 0.971. The summed E-state index contributed by atoms with van der Waals surface area (Å²) >= 11 is 0. The van der Waals surface area contributed by atoms with Gasteiger partial charge in [0.1, 0.15) is 6.10 Å². The lowest BCUT2D eigenvalue weighted by molar-refractivity contribution is -0.145. The van der Waals surface area contributed by atoms with Gasteiger partial charge >= 0.3 is 5.97 Å². The van der Waals surface area contributed by atoms with Crippen LogP contribution in [0.25, 0.3) is 6.08 Å². The Morgan fingerprint density at radius 1 is 1.12 bits per heavy atom. The topological polar surface area (TPSA) is 87.0 Å². The number of ether oxygens (including phenoxy) is 1. The normalized spacial score (nSPS) is 21.5. The highest BCUT2D eigenvalue weighted by molar-refractivity contribution is 5.82. The summed E-state index contributed by atoms with van der Waals surface area (Å²) in [6, 6.07) is 9.57. The van der Waals surface area contributed by atoms with Crippen LogP contribution in [0, 0.1) is 0 Å². The van der Waals surface area contributed by atoms with Gasteiger partial charge in [0.15, 0.2) is 0 Å². The summed E-state index contributed by atoms with van der Waals surface area (Å²) in [7, 11) is 0. The largest absolute Gasteiger partial charge is 0.459 e. The maximum atomic E-state index is 11.1. The minimum absolute atomic E-state index is 0.133. The van der Waals surface area contributed by atoms with Crippen LogP contribution in [0.1, 0.15) is 31.2 Å². The molecular weight excluding hydrogens is 308 g/mol. The van der Waals surface area contributed by atoms with Crippen LogP contribution in [0.3, 0.4) is 0 Å². The molecule has 1 aliphatic heterocycles. The van der Waals surface area contributed by atoms with E-state index in [1.165, 1.54) is 6.08 Å². The van der Waals surface area contributed by atoms with Crippen LogP contribution in [0.4, 0.5) is 0 Å². The Bertz CT molecular complexity index is 566. The summed E-state index contributed by atoms with van der Waals surface area (Å²) in [5, 5.41) is 29.9. The van der Waals surface area contributed by atoms with Gasteiger partial charge in [-0.25, -0.2) is 4.79 Å². The Labute approximate surface area is 141 Å². The van der Waals surface area contributed by atoms with Crippen molar-refractivity contribution in [2.75, 3.05) is 0 Å². The number of hydrogen-bond donors (Lipinski definition) is 3. The number of cyclic esters (lactones) is 1. The first-order valence-corrected chi connectivity index (χ1v) is 8.17. The van der Waals surface area contributed by atoms with Crippen molar-refractivity contribution in [3.8, 4) is 0 Å². The van der Waals surface area contributed by atoms with Gasteiger partial charge < -0.3 is 20.1 Å². The Balaban J connectivity index is 1.71. The second-order valence-corrected chi connectivity index (χ2v) is 6.05. The van der Waals surface area contributed by atoms with E-state index in [1.807, 2.05) is 30.3 Å². The van der Waals surface area contributed by atoms with Gasteiger partial charge in [-0.15, -0.1) is 0 Å². The predicted molar refractivity (Wildman–Crippen MR) is 91.0 cm³/mol. The molecule has 5 heteroatoms. The van der Waals surface area contributed by atoms with Crippen LogP contribution in [-0.4, -0.2) is 45.7 Å². The summed E-state index contributed by atoms with van der Waals surface area (Å²) in [5.74, 6) is -0.402. The SMILES string of the molecule is O=C1C=CCC(CC(O)CC(O)CC(O)C=Cc2ccccc2)O1. The van der Waals surface area contributed by atoms with Crippen LogP contribution >= 0.6 is 0 Å². The van der Waals surface area contributed by atoms with Gasteiger partial charge in [-0.05, 0) is 12.0 Å². The molecule has 5 nitrogen and oxygen atoms in total. The second kappa shape index (κ2) is 9.37. The molecule has 2 rings (SSSR count). The predicted octanol–water partition coefficient (Wildman–Crippen LogP) is 1.82. The fourth-order valence-corrected chi connectivity index (χ4v) is 2.67. The molecule has 0 aliphatic carbocycles. The van der Waals surface area contributed by atoms with Gasteiger partial charge in [0, 0.05) is 25.3 Å². The molecule has 0 bridgehead atoms. The highest BCUT2D eigenvalue weighted by Crippen LogP contribution is 2.17. The quantitative estimate of drug-likeness (QED) is 0.632. The fourth-order valence-electron chi connectivity index (χ4n) is 2.67. The second-order valence-electron chi connectivity index (χ2n) is 6.05. The molecule has 1 aromatic carbocycles. The lowest BCUT2D eigenvalue weighted by Crippen LogP contribution is -2.28. The Hall–Kier alpha value is -1.95. The third-order valence-corrected chi connectivity index (χ3v) is 3.84. The molecule has 0 amide bonds. The van der Waals surface area contributed by atoms with Crippen molar-refractivity contribution < 1.29 is 24.9 Å². The summed E-state index contributed by atoms with van der Waals surface area (Å²) < 4.78 is 5.08. The number of rotatable bonds is 8. The molecule has 0 saturated heterocycles. The van der Waals surface area contributed by atoms with Crippen molar-refractivity contribution in [2.45, 2.75) is 50.1 Å². The Morgan fingerprint density at radius 3 is 2.58 bits per heavy atom. The minimum Gasteiger partial charge on any atom is -0.459 e. The van der Waals surface area contributed by atoms with Crippen molar-refractivity contribution in [2.24, 2.45) is 0 Å². The molecular formula is C19H24O5. The number of aliphatic hydroxyl groups excluding tert-OH is 3. The molecule has 130 valence electrons. The molecule has 0 saturated carbocycles.